The Morgan fingerprint density at radius 1 is 1.47 bits per heavy atom. The number of aryl methyl sites for hydroxylation is 1. The van der Waals surface area contributed by atoms with E-state index in [0.717, 1.165) is 22.6 Å². The first-order chi connectivity index (χ1) is 9.11. The number of nitrogens with two attached hydrogens (primary N) is 1. The second-order valence-electron chi connectivity index (χ2n) is 4.27. The van der Waals surface area contributed by atoms with Crippen LogP contribution in [0.3, 0.4) is 0 Å². The molecule has 4 N–H and O–H groups in total. The first kappa shape index (κ1) is 13.8. The Morgan fingerprint density at radius 3 is 2.89 bits per heavy atom. The summed E-state index contributed by atoms with van der Waals surface area (Å²) in [5.74, 6) is 0.954. The van der Waals surface area contributed by atoms with Crippen molar-refractivity contribution in [1.82, 2.24) is 9.97 Å². The van der Waals surface area contributed by atoms with Gasteiger partial charge < -0.3 is 16.2 Å². The van der Waals surface area contributed by atoms with Gasteiger partial charge in [-0.05, 0) is 24.8 Å². The summed E-state index contributed by atoms with van der Waals surface area (Å²) >= 11 is 1.53. The van der Waals surface area contributed by atoms with Crippen molar-refractivity contribution in [3.8, 4) is 0 Å². The lowest BCUT2D eigenvalue weighted by Gasteiger charge is -2.14. The first-order valence-electron chi connectivity index (χ1n) is 6.20. The van der Waals surface area contributed by atoms with E-state index in [-0.39, 0.29) is 5.95 Å². The third kappa shape index (κ3) is 3.21. The number of nitrogens with one attached hydrogen (secondary N) is 1. The maximum Gasteiger partial charge on any atom is 0.222 e. The summed E-state index contributed by atoms with van der Waals surface area (Å²) < 4.78 is 0. The van der Waals surface area contributed by atoms with Crippen LogP contribution in [0.2, 0.25) is 0 Å². The number of hydrogen-bond acceptors (Lipinski definition) is 6. The van der Waals surface area contributed by atoms with Gasteiger partial charge in [0.05, 0.1) is 5.69 Å². The first-order valence-corrected chi connectivity index (χ1v) is 7.08. The van der Waals surface area contributed by atoms with Crippen molar-refractivity contribution < 1.29 is 5.11 Å². The molecular weight excluding hydrogens is 260 g/mol. The number of thiophene rings is 1. The smallest absolute Gasteiger partial charge is 0.222 e. The molecule has 0 amide bonds. The SMILES string of the molecule is CCc1nc(N)nc(NCC(O)c2cccs2)c1C. The third-order valence-electron chi connectivity index (χ3n) is 2.93. The van der Waals surface area contributed by atoms with Crippen LogP contribution in [0, 0.1) is 6.92 Å². The Morgan fingerprint density at radius 2 is 2.26 bits per heavy atom. The van der Waals surface area contributed by atoms with E-state index in [1.807, 2.05) is 31.4 Å². The number of rotatable bonds is 5. The molecule has 0 bridgehead atoms. The molecule has 0 radical (unpaired) electrons. The summed E-state index contributed by atoms with van der Waals surface area (Å²) in [7, 11) is 0. The summed E-state index contributed by atoms with van der Waals surface area (Å²) in [6, 6.07) is 3.84. The van der Waals surface area contributed by atoms with Crippen LogP contribution in [-0.4, -0.2) is 21.6 Å². The average Bonchev–Trinajstić information content (AvgIpc) is 2.93. The zero-order valence-corrected chi connectivity index (χ0v) is 11.9. The topological polar surface area (TPSA) is 84.1 Å². The van der Waals surface area contributed by atoms with Crippen molar-refractivity contribution >= 4 is 23.1 Å². The van der Waals surface area contributed by atoms with Crippen LogP contribution in [0.5, 0.6) is 0 Å². The van der Waals surface area contributed by atoms with Gasteiger partial charge in [0.15, 0.2) is 0 Å². The van der Waals surface area contributed by atoms with Crippen molar-refractivity contribution in [2.45, 2.75) is 26.4 Å². The minimum atomic E-state index is -0.541. The summed E-state index contributed by atoms with van der Waals surface area (Å²) in [6.07, 6.45) is 0.265. The fraction of sp³-hybridized carbons (Fsp3) is 0.385. The molecule has 0 aromatic carbocycles. The highest BCUT2D eigenvalue weighted by molar-refractivity contribution is 7.10. The van der Waals surface area contributed by atoms with Crippen LogP contribution < -0.4 is 11.1 Å². The van der Waals surface area contributed by atoms with Crippen LogP contribution in [0.4, 0.5) is 11.8 Å². The Hall–Kier alpha value is -1.66. The minimum absolute atomic E-state index is 0.260. The second kappa shape index (κ2) is 5.99. The van der Waals surface area contributed by atoms with Crippen molar-refractivity contribution in [1.29, 1.82) is 0 Å². The van der Waals surface area contributed by atoms with Gasteiger partial charge in [-0.1, -0.05) is 13.0 Å². The predicted octanol–water partition coefficient (Wildman–Crippen LogP) is 2.14. The Balaban J connectivity index is 2.09. The van der Waals surface area contributed by atoms with Gasteiger partial charge in [0, 0.05) is 17.0 Å². The lowest BCUT2D eigenvalue weighted by Crippen LogP contribution is -2.15. The number of aliphatic hydroxyl groups is 1. The monoisotopic (exact) mass is 278 g/mol. The highest BCUT2D eigenvalue weighted by Crippen LogP contribution is 2.21. The highest BCUT2D eigenvalue weighted by Gasteiger charge is 2.12. The number of anilines is 2. The van der Waals surface area contributed by atoms with Crippen molar-refractivity contribution in [2.24, 2.45) is 0 Å². The number of hydrogen-bond donors (Lipinski definition) is 3. The van der Waals surface area contributed by atoms with E-state index in [0.29, 0.717) is 12.4 Å². The molecule has 6 heteroatoms. The largest absolute Gasteiger partial charge is 0.386 e. The standard InChI is InChI=1S/C13H18N4OS/c1-3-9-8(2)12(17-13(14)16-9)15-7-10(18)11-5-4-6-19-11/h4-6,10,18H,3,7H2,1-2H3,(H3,14,15,16,17). The zero-order chi connectivity index (χ0) is 13.8. The van der Waals surface area contributed by atoms with Gasteiger partial charge in [0.2, 0.25) is 5.95 Å². The molecular formula is C13H18N4OS. The van der Waals surface area contributed by atoms with Gasteiger partial charge in [-0.3, -0.25) is 0 Å². The number of aromatic nitrogens is 2. The molecule has 5 nitrogen and oxygen atoms in total. The van der Waals surface area contributed by atoms with Crippen LogP contribution >= 0.6 is 11.3 Å². The molecule has 102 valence electrons. The normalized spacial score (nSPS) is 12.4. The molecule has 19 heavy (non-hydrogen) atoms. The third-order valence-corrected chi connectivity index (χ3v) is 3.91. The van der Waals surface area contributed by atoms with E-state index in [4.69, 9.17) is 5.73 Å². The molecule has 0 spiro atoms. The number of nitrogen functional groups attached to an aromatic ring is 1. The summed E-state index contributed by atoms with van der Waals surface area (Å²) in [6.45, 7) is 4.39. The van der Waals surface area contributed by atoms with Gasteiger partial charge in [0.1, 0.15) is 11.9 Å². The molecule has 1 unspecified atom stereocenters. The van der Waals surface area contributed by atoms with Crippen LogP contribution in [0.25, 0.3) is 0 Å². The van der Waals surface area contributed by atoms with Crippen molar-refractivity contribution in [3.63, 3.8) is 0 Å². The van der Waals surface area contributed by atoms with Gasteiger partial charge in [-0.25, -0.2) is 4.98 Å². The van der Waals surface area contributed by atoms with Crippen LogP contribution in [-0.2, 0) is 6.42 Å². The molecule has 0 fully saturated rings. The maximum atomic E-state index is 10.0. The summed E-state index contributed by atoms with van der Waals surface area (Å²) in [5.41, 5.74) is 7.59. The van der Waals surface area contributed by atoms with E-state index in [9.17, 15) is 5.11 Å². The van der Waals surface area contributed by atoms with Crippen LogP contribution in [0.15, 0.2) is 17.5 Å². The van der Waals surface area contributed by atoms with Gasteiger partial charge in [0.25, 0.3) is 0 Å². The zero-order valence-electron chi connectivity index (χ0n) is 11.1. The summed E-state index contributed by atoms with van der Waals surface area (Å²) in [5, 5.41) is 15.1. The van der Waals surface area contributed by atoms with Crippen molar-refractivity contribution in [2.75, 3.05) is 17.6 Å². The van der Waals surface area contributed by atoms with Gasteiger partial charge in [-0.15, -0.1) is 11.3 Å². The molecule has 2 aromatic heterocycles. The fourth-order valence-electron chi connectivity index (χ4n) is 1.87. The molecule has 2 heterocycles. The Bertz CT molecular complexity index is 542. The summed E-state index contributed by atoms with van der Waals surface area (Å²) in [4.78, 5) is 9.31. The molecule has 0 saturated heterocycles. The quantitative estimate of drug-likeness (QED) is 0.780. The highest BCUT2D eigenvalue weighted by atomic mass is 32.1. The lowest BCUT2D eigenvalue weighted by atomic mass is 10.2. The van der Waals surface area contributed by atoms with Gasteiger partial charge >= 0.3 is 0 Å². The molecule has 0 aliphatic heterocycles. The molecule has 0 aliphatic rings. The van der Waals surface area contributed by atoms with Crippen LogP contribution in [0.1, 0.15) is 29.2 Å². The molecule has 2 rings (SSSR count). The second-order valence-corrected chi connectivity index (χ2v) is 5.25. The molecule has 2 aromatic rings. The van der Waals surface area contributed by atoms with E-state index in [1.54, 1.807) is 0 Å². The predicted molar refractivity (Wildman–Crippen MR) is 78.3 cm³/mol. The lowest BCUT2D eigenvalue weighted by molar-refractivity contribution is 0.195. The molecule has 0 saturated carbocycles. The number of nitrogens with zero attached hydrogens (tertiary/aromatic N) is 2. The molecule has 0 aliphatic carbocycles. The van der Waals surface area contributed by atoms with Gasteiger partial charge in [-0.2, -0.15) is 4.98 Å². The van der Waals surface area contributed by atoms with E-state index in [1.165, 1.54) is 11.3 Å². The maximum absolute atomic E-state index is 10.0. The molecule has 1 atom stereocenters. The fourth-order valence-corrected chi connectivity index (χ4v) is 2.59. The van der Waals surface area contributed by atoms with E-state index in [2.05, 4.69) is 15.3 Å². The Kier molecular flexibility index (Phi) is 4.34. The number of aliphatic hydroxyl groups excluding tert-OH is 1. The minimum Gasteiger partial charge on any atom is -0.386 e. The Labute approximate surface area is 116 Å². The average molecular weight is 278 g/mol. The van der Waals surface area contributed by atoms with Crippen molar-refractivity contribution in [3.05, 3.63) is 33.6 Å². The van der Waals surface area contributed by atoms with E-state index < -0.39 is 6.10 Å². The van der Waals surface area contributed by atoms with E-state index >= 15 is 0 Å².